The maximum atomic E-state index is 8.86. The highest BCUT2D eigenvalue weighted by atomic mass is 15.1. The molecule has 1 atom stereocenters. The predicted octanol–water partition coefficient (Wildman–Crippen LogP) is 3.02. The lowest BCUT2D eigenvalue weighted by molar-refractivity contribution is 0.256. The second-order valence-electron chi connectivity index (χ2n) is 4.10. The molecule has 1 unspecified atom stereocenters. The summed E-state index contributed by atoms with van der Waals surface area (Å²) in [5.74, 6) is 0. The lowest BCUT2D eigenvalue weighted by atomic mass is 10.1. The van der Waals surface area contributed by atoms with Crippen LogP contribution in [0.25, 0.3) is 0 Å². The lowest BCUT2D eigenvalue weighted by Crippen LogP contribution is -2.33. The average Bonchev–Trinajstić information content (AvgIpc) is 2.40. The normalized spacial score (nSPS) is 13.3. The molecular weight excluding hydrogens is 222 g/mol. The monoisotopic (exact) mass is 249 g/mol. The first-order chi connectivity index (χ1) is 8.73. The number of nitrogens with zero attached hydrogens (tertiary/aromatic N) is 3. The molecule has 0 spiro atoms. The van der Waals surface area contributed by atoms with Crippen LogP contribution in [0.4, 0.5) is 0 Å². The molecule has 0 aliphatic heterocycles. The number of likely N-dealkylation sites (N-methyl/N-ethyl adjacent to an activating group) is 1. The number of hydrogen-bond donors (Lipinski definition) is 0. The first kappa shape index (κ1) is 16.7. The predicted molar refractivity (Wildman–Crippen MR) is 78.1 cm³/mol. The molecule has 0 rings (SSSR count). The van der Waals surface area contributed by atoms with Crippen molar-refractivity contribution in [2.45, 2.75) is 40.2 Å². The number of nitriles is 1. The number of rotatable bonds is 9. The molecule has 0 heterocycles. The molecule has 3 heteroatoms. The maximum Gasteiger partial charge on any atom is 0.0641 e. The van der Waals surface area contributed by atoms with Gasteiger partial charge in [-0.2, -0.15) is 5.26 Å². The Balaban J connectivity index is 4.44. The largest absolute Gasteiger partial charge is 0.378 e. The Morgan fingerprint density at radius 1 is 1.00 bits per heavy atom. The molecule has 102 valence electrons. The second-order valence-corrected chi connectivity index (χ2v) is 4.10. The van der Waals surface area contributed by atoms with Gasteiger partial charge < -0.3 is 4.90 Å². The van der Waals surface area contributed by atoms with Crippen molar-refractivity contribution in [3.63, 3.8) is 0 Å². The van der Waals surface area contributed by atoms with E-state index in [1.165, 1.54) is 0 Å². The van der Waals surface area contributed by atoms with Gasteiger partial charge in [0.2, 0.25) is 0 Å². The fourth-order valence-electron chi connectivity index (χ4n) is 1.90. The van der Waals surface area contributed by atoms with Crippen molar-refractivity contribution >= 4 is 0 Å². The van der Waals surface area contributed by atoms with Crippen molar-refractivity contribution in [2.24, 2.45) is 0 Å². The molecule has 0 bridgehead atoms. The van der Waals surface area contributed by atoms with Gasteiger partial charge in [0.25, 0.3) is 0 Å². The lowest BCUT2D eigenvalue weighted by Gasteiger charge is -2.24. The zero-order chi connectivity index (χ0) is 13.8. The molecule has 0 fully saturated rings. The van der Waals surface area contributed by atoms with E-state index in [-0.39, 0.29) is 6.04 Å². The summed E-state index contributed by atoms with van der Waals surface area (Å²) < 4.78 is 0. The molecule has 18 heavy (non-hydrogen) atoms. The summed E-state index contributed by atoms with van der Waals surface area (Å²) in [6, 6.07) is 2.49. The smallest absolute Gasteiger partial charge is 0.0641 e. The van der Waals surface area contributed by atoms with E-state index < -0.39 is 0 Å². The van der Waals surface area contributed by atoms with Gasteiger partial charge in [-0.15, -0.1) is 0 Å². The van der Waals surface area contributed by atoms with Gasteiger partial charge in [0.15, 0.2) is 0 Å². The zero-order valence-electron chi connectivity index (χ0n) is 12.3. The van der Waals surface area contributed by atoms with Crippen LogP contribution in [0.1, 0.15) is 34.1 Å². The molecule has 0 aromatic carbocycles. The van der Waals surface area contributed by atoms with Crippen molar-refractivity contribution < 1.29 is 0 Å². The molecule has 0 aliphatic rings. The summed E-state index contributed by atoms with van der Waals surface area (Å²) in [5, 5.41) is 8.86. The molecule has 0 amide bonds. The van der Waals surface area contributed by atoms with E-state index in [0.29, 0.717) is 6.42 Å². The molecule has 0 N–H and O–H groups in total. The van der Waals surface area contributed by atoms with Crippen molar-refractivity contribution in [3.8, 4) is 6.07 Å². The zero-order valence-corrected chi connectivity index (χ0v) is 12.3. The second kappa shape index (κ2) is 10.9. The minimum absolute atomic E-state index is 0.228. The number of allylic oxidation sites excluding steroid dienone is 2. The summed E-state index contributed by atoms with van der Waals surface area (Å²) in [4.78, 5) is 4.53. The van der Waals surface area contributed by atoms with Crippen LogP contribution < -0.4 is 0 Å². The van der Waals surface area contributed by atoms with Crippen molar-refractivity contribution in [2.75, 3.05) is 26.2 Å². The van der Waals surface area contributed by atoms with Crippen molar-refractivity contribution in [3.05, 3.63) is 24.4 Å². The first-order valence-electron chi connectivity index (χ1n) is 6.93. The summed E-state index contributed by atoms with van der Waals surface area (Å²) in [5.41, 5.74) is 0. The molecule has 0 saturated carbocycles. The molecule has 0 saturated heterocycles. The summed E-state index contributed by atoms with van der Waals surface area (Å²) in [6.45, 7) is 12.6. The highest BCUT2D eigenvalue weighted by Gasteiger charge is 2.10. The van der Waals surface area contributed by atoms with Gasteiger partial charge in [-0.05, 0) is 39.2 Å². The first-order valence-corrected chi connectivity index (χ1v) is 6.93. The molecule has 0 aromatic heterocycles. The Morgan fingerprint density at radius 2 is 1.61 bits per heavy atom. The summed E-state index contributed by atoms with van der Waals surface area (Å²) in [7, 11) is 0. The highest BCUT2D eigenvalue weighted by Crippen LogP contribution is 2.05. The minimum atomic E-state index is 0.228. The fraction of sp³-hybridized carbons (Fsp3) is 0.667. The molecule has 0 aromatic rings. The van der Waals surface area contributed by atoms with E-state index in [4.69, 9.17) is 5.26 Å². The van der Waals surface area contributed by atoms with E-state index in [1.54, 1.807) is 0 Å². The minimum Gasteiger partial charge on any atom is -0.378 e. The maximum absolute atomic E-state index is 8.86. The standard InChI is InChI=1S/C15H27N3/c1-5-17(6-2)14-10-9-11-15(12-13-16)18(7-3)8-4/h9-11,14-15H,5-8,12H2,1-4H3/b11-9+,14-10+. The van der Waals surface area contributed by atoms with E-state index in [2.05, 4.69) is 68.0 Å². The van der Waals surface area contributed by atoms with Crippen LogP contribution in [0.15, 0.2) is 24.4 Å². The van der Waals surface area contributed by atoms with Gasteiger partial charge in [0.05, 0.1) is 12.5 Å². The Kier molecular flexibility index (Phi) is 10.1. The Bertz CT molecular complexity index is 281. The van der Waals surface area contributed by atoms with Crippen LogP contribution in [0.2, 0.25) is 0 Å². The van der Waals surface area contributed by atoms with Gasteiger partial charge in [-0.3, -0.25) is 4.90 Å². The molecule has 0 aliphatic carbocycles. The summed E-state index contributed by atoms with van der Waals surface area (Å²) >= 11 is 0. The fourth-order valence-corrected chi connectivity index (χ4v) is 1.90. The van der Waals surface area contributed by atoms with Crippen LogP contribution >= 0.6 is 0 Å². The van der Waals surface area contributed by atoms with Gasteiger partial charge in [-0.25, -0.2) is 0 Å². The van der Waals surface area contributed by atoms with Crippen LogP contribution in [0.5, 0.6) is 0 Å². The van der Waals surface area contributed by atoms with E-state index in [1.807, 2.05) is 0 Å². The van der Waals surface area contributed by atoms with E-state index in [9.17, 15) is 0 Å². The highest BCUT2D eigenvalue weighted by molar-refractivity contribution is 5.08. The summed E-state index contributed by atoms with van der Waals surface area (Å²) in [6.07, 6.45) is 8.88. The third kappa shape index (κ3) is 6.46. The van der Waals surface area contributed by atoms with Gasteiger partial charge in [-0.1, -0.05) is 26.0 Å². The van der Waals surface area contributed by atoms with Gasteiger partial charge in [0, 0.05) is 19.1 Å². The van der Waals surface area contributed by atoms with Crippen LogP contribution in [-0.4, -0.2) is 42.0 Å². The molecule has 3 nitrogen and oxygen atoms in total. The Hall–Kier alpha value is -1.27. The van der Waals surface area contributed by atoms with E-state index in [0.717, 1.165) is 26.2 Å². The Labute approximate surface area is 112 Å². The number of hydrogen-bond acceptors (Lipinski definition) is 3. The molecule has 0 radical (unpaired) electrons. The third-order valence-electron chi connectivity index (χ3n) is 3.14. The van der Waals surface area contributed by atoms with Gasteiger partial charge >= 0.3 is 0 Å². The van der Waals surface area contributed by atoms with Crippen molar-refractivity contribution in [1.82, 2.24) is 9.80 Å². The van der Waals surface area contributed by atoms with E-state index >= 15 is 0 Å². The van der Waals surface area contributed by atoms with Crippen LogP contribution in [-0.2, 0) is 0 Å². The van der Waals surface area contributed by atoms with Gasteiger partial charge in [0.1, 0.15) is 0 Å². The van der Waals surface area contributed by atoms with Crippen molar-refractivity contribution in [1.29, 1.82) is 5.26 Å². The van der Waals surface area contributed by atoms with Crippen LogP contribution in [0, 0.1) is 11.3 Å². The Morgan fingerprint density at radius 3 is 2.06 bits per heavy atom. The average molecular weight is 249 g/mol. The third-order valence-corrected chi connectivity index (χ3v) is 3.14. The quantitative estimate of drug-likeness (QED) is 0.588. The topological polar surface area (TPSA) is 30.3 Å². The van der Waals surface area contributed by atoms with Crippen LogP contribution in [0.3, 0.4) is 0 Å². The SMILES string of the molecule is CCN(/C=C/C=C/C(CC#N)N(CC)CC)CC. The molecular formula is C15H27N3.